The molecule has 0 saturated carbocycles. The van der Waals surface area contributed by atoms with Gasteiger partial charge >= 0.3 is 17.9 Å². The summed E-state index contributed by atoms with van der Waals surface area (Å²) in [6, 6.07) is 0. The molecule has 6 nitrogen and oxygen atoms in total. The van der Waals surface area contributed by atoms with Crippen molar-refractivity contribution >= 4 is 17.9 Å². The quantitative estimate of drug-likeness (QED) is 0.0348. The van der Waals surface area contributed by atoms with Crippen LogP contribution < -0.4 is 0 Å². The second kappa shape index (κ2) is 41.6. The predicted octanol–water partition coefficient (Wildman–Crippen LogP) is 15.6. The van der Waals surface area contributed by atoms with Crippen LogP contribution in [0, 0.1) is 17.8 Å². The van der Waals surface area contributed by atoms with Gasteiger partial charge in [0, 0.05) is 19.3 Å². The van der Waals surface area contributed by atoms with Crippen LogP contribution in [0.15, 0.2) is 0 Å². The monoisotopic (exact) mass is 793 g/mol. The minimum atomic E-state index is -0.762. The molecule has 0 aromatic heterocycles. The second-order valence-electron chi connectivity index (χ2n) is 18.5. The lowest BCUT2D eigenvalue weighted by Crippen LogP contribution is -2.30. The van der Waals surface area contributed by atoms with Crippen molar-refractivity contribution in [1.82, 2.24) is 0 Å². The van der Waals surface area contributed by atoms with E-state index in [1.165, 1.54) is 148 Å². The van der Waals surface area contributed by atoms with Gasteiger partial charge in [-0.25, -0.2) is 0 Å². The third-order valence-electron chi connectivity index (χ3n) is 11.1. The third-order valence-corrected chi connectivity index (χ3v) is 11.1. The van der Waals surface area contributed by atoms with Gasteiger partial charge < -0.3 is 14.2 Å². The lowest BCUT2D eigenvalue weighted by molar-refractivity contribution is -0.167. The molecule has 0 aliphatic rings. The smallest absolute Gasteiger partial charge is 0.306 e. The van der Waals surface area contributed by atoms with Crippen LogP contribution in [-0.4, -0.2) is 37.2 Å². The van der Waals surface area contributed by atoms with E-state index >= 15 is 0 Å². The molecular weight excluding hydrogens is 697 g/mol. The molecule has 0 saturated heterocycles. The molecule has 0 heterocycles. The predicted molar refractivity (Wildman–Crippen MR) is 238 cm³/mol. The molecule has 0 amide bonds. The van der Waals surface area contributed by atoms with E-state index in [1.54, 1.807) is 0 Å². The standard InChI is InChI=1S/C50H96O6/c1-44(2)36-30-24-18-13-9-7-8-10-15-21-27-33-39-48(51)54-42-47(56-50(53)41-35-29-23-17-20-26-32-38-46(5)6)43-55-49(52)40-34-28-22-16-12-11-14-19-25-31-37-45(3)4/h44-47H,7-43H2,1-6H3/t47-/m0/s1. The minimum Gasteiger partial charge on any atom is -0.462 e. The van der Waals surface area contributed by atoms with E-state index in [1.807, 2.05) is 0 Å². The first kappa shape index (κ1) is 54.4. The Morgan fingerprint density at radius 3 is 0.768 bits per heavy atom. The first-order valence-corrected chi connectivity index (χ1v) is 24.6. The molecule has 0 aliphatic carbocycles. The highest BCUT2D eigenvalue weighted by Crippen LogP contribution is 2.17. The van der Waals surface area contributed by atoms with Gasteiger partial charge in [0.05, 0.1) is 0 Å². The molecule has 1 atom stereocenters. The highest BCUT2D eigenvalue weighted by atomic mass is 16.6. The van der Waals surface area contributed by atoms with Crippen LogP contribution in [0.4, 0.5) is 0 Å². The zero-order valence-corrected chi connectivity index (χ0v) is 38.4. The molecule has 0 aliphatic heterocycles. The molecule has 0 fully saturated rings. The Labute approximate surface area is 348 Å². The Morgan fingerprint density at radius 1 is 0.304 bits per heavy atom. The Hall–Kier alpha value is -1.59. The van der Waals surface area contributed by atoms with Crippen molar-refractivity contribution in [3.05, 3.63) is 0 Å². The number of hydrogen-bond acceptors (Lipinski definition) is 6. The summed E-state index contributed by atoms with van der Waals surface area (Å²) in [6.45, 7) is 13.6. The van der Waals surface area contributed by atoms with Crippen molar-refractivity contribution in [2.45, 2.75) is 272 Å². The largest absolute Gasteiger partial charge is 0.462 e. The topological polar surface area (TPSA) is 78.9 Å². The number of hydrogen-bond donors (Lipinski definition) is 0. The van der Waals surface area contributed by atoms with Gasteiger partial charge in [-0.1, -0.05) is 228 Å². The number of carbonyl (C=O) groups excluding carboxylic acids is 3. The first-order chi connectivity index (χ1) is 27.1. The Kier molecular flexibility index (Phi) is 40.4. The molecule has 0 unspecified atom stereocenters. The normalized spacial score (nSPS) is 12.2. The zero-order chi connectivity index (χ0) is 41.3. The van der Waals surface area contributed by atoms with Crippen molar-refractivity contribution in [2.24, 2.45) is 17.8 Å². The molecule has 0 spiro atoms. The molecule has 0 aromatic carbocycles. The minimum absolute atomic E-state index is 0.0658. The Bertz CT molecular complexity index is 868. The van der Waals surface area contributed by atoms with Crippen molar-refractivity contribution < 1.29 is 28.6 Å². The molecule has 0 rings (SSSR count). The van der Waals surface area contributed by atoms with E-state index in [0.29, 0.717) is 19.3 Å². The molecule has 0 N–H and O–H groups in total. The van der Waals surface area contributed by atoms with Crippen molar-refractivity contribution in [3.63, 3.8) is 0 Å². The maximum Gasteiger partial charge on any atom is 0.306 e. The molecule has 56 heavy (non-hydrogen) atoms. The van der Waals surface area contributed by atoms with E-state index in [9.17, 15) is 14.4 Å². The second-order valence-corrected chi connectivity index (χ2v) is 18.5. The van der Waals surface area contributed by atoms with Crippen LogP contribution in [0.2, 0.25) is 0 Å². The molecule has 6 heteroatoms. The lowest BCUT2D eigenvalue weighted by atomic mass is 10.0. The molecule has 0 bridgehead atoms. The van der Waals surface area contributed by atoms with Crippen LogP contribution in [0.3, 0.4) is 0 Å². The Balaban J connectivity index is 4.30. The average Bonchev–Trinajstić information content (AvgIpc) is 3.15. The van der Waals surface area contributed by atoms with Gasteiger partial charge in [0.15, 0.2) is 6.10 Å². The van der Waals surface area contributed by atoms with E-state index in [0.717, 1.165) is 75.5 Å². The summed E-state index contributed by atoms with van der Waals surface area (Å²) in [7, 11) is 0. The van der Waals surface area contributed by atoms with Gasteiger partial charge in [-0.2, -0.15) is 0 Å². The summed E-state index contributed by atoms with van der Waals surface area (Å²) >= 11 is 0. The van der Waals surface area contributed by atoms with Crippen molar-refractivity contribution in [1.29, 1.82) is 0 Å². The summed E-state index contributed by atoms with van der Waals surface area (Å²) < 4.78 is 16.8. The molecule has 0 radical (unpaired) electrons. The number of unbranched alkanes of at least 4 members (excludes halogenated alkanes) is 26. The van der Waals surface area contributed by atoms with Crippen LogP contribution in [0.1, 0.15) is 266 Å². The van der Waals surface area contributed by atoms with Crippen LogP contribution >= 0.6 is 0 Å². The highest BCUT2D eigenvalue weighted by Gasteiger charge is 2.19. The molecular formula is C50H96O6. The van der Waals surface area contributed by atoms with E-state index in [4.69, 9.17) is 14.2 Å². The summed E-state index contributed by atoms with van der Waals surface area (Å²) in [5.41, 5.74) is 0. The summed E-state index contributed by atoms with van der Waals surface area (Å²) in [5.74, 6) is 1.57. The SMILES string of the molecule is CC(C)CCCCCCCCCCCCCCC(=O)OC[C@@H](COC(=O)CCCCCCCCCCCCC(C)C)OC(=O)CCCCCCCCCC(C)C. The fraction of sp³-hybridized carbons (Fsp3) is 0.940. The van der Waals surface area contributed by atoms with Crippen LogP contribution in [0.25, 0.3) is 0 Å². The average molecular weight is 793 g/mol. The van der Waals surface area contributed by atoms with Crippen molar-refractivity contribution in [3.8, 4) is 0 Å². The van der Waals surface area contributed by atoms with Gasteiger partial charge in [0.25, 0.3) is 0 Å². The van der Waals surface area contributed by atoms with E-state index < -0.39 is 6.10 Å². The zero-order valence-electron chi connectivity index (χ0n) is 38.4. The van der Waals surface area contributed by atoms with E-state index in [2.05, 4.69) is 41.5 Å². The van der Waals surface area contributed by atoms with Crippen molar-refractivity contribution in [2.75, 3.05) is 13.2 Å². The number of rotatable bonds is 43. The van der Waals surface area contributed by atoms with Gasteiger partial charge in [0.2, 0.25) is 0 Å². The van der Waals surface area contributed by atoms with Crippen LogP contribution in [-0.2, 0) is 28.6 Å². The van der Waals surface area contributed by atoms with E-state index in [-0.39, 0.29) is 31.1 Å². The van der Waals surface area contributed by atoms with Crippen LogP contribution in [0.5, 0.6) is 0 Å². The summed E-state index contributed by atoms with van der Waals surface area (Å²) in [4.78, 5) is 37.8. The maximum absolute atomic E-state index is 12.7. The Morgan fingerprint density at radius 2 is 0.518 bits per heavy atom. The maximum atomic E-state index is 12.7. The fourth-order valence-electron chi connectivity index (χ4n) is 7.41. The fourth-order valence-corrected chi connectivity index (χ4v) is 7.41. The van der Waals surface area contributed by atoms with Gasteiger partial charge in [-0.05, 0) is 37.0 Å². The number of carbonyl (C=O) groups is 3. The first-order valence-electron chi connectivity index (χ1n) is 24.6. The third kappa shape index (κ3) is 43.5. The number of ether oxygens (including phenoxy) is 3. The van der Waals surface area contributed by atoms with Gasteiger partial charge in [0.1, 0.15) is 13.2 Å². The summed E-state index contributed by atoms with van der Waals surface area (Å²) in [5, 5.41) is 0. The van der Waals surface area contributed by atoms with Gasteiger partial charge in [-0.3, -0.25) is 14.4 Å². The molecule has 0 aromatic rings. The molecule has 332 valence electrons. The van der Waals surface area contributed by atoms with Gasteiger partial charge in [-0.15, -0.1) is 0 Å². The highest BCUT2D eigenvalue weighted by molar-refractivity contribution is 5.71. The number of esters is 3. The lowest BCUT2D eigenvalue weighted by Gasteiger charge is -2.18. The summed E-state index contributed by atoms with van der Waals surface area (Å²) in [6.07, 6.45) is 39.5.